The molecule has 0 saturated heterocycles. The van der Waals surface area contributed by atoms with Crippen molar-refractivity contribution >= 4 is 11.3 Å². The van der Waals surface area contributed by atoms with Gasteiger partial charge in [-0.05, 0) is 13.3 Å². The van der Waals surface area contributed by atoms with Crippen molar-refractivity contribution in [3.05, 3.63) is 16.1 Å². The molecule has 1 unspecified atom stereocenters. The van der Waals surface area contributed by atoms with Crippen LogP contribution < -0.4 is 0 Å². The Morgan fingerprint density at radius 1 is 1.25 bits per heavy atom. The maximum atomic E-state index is 9.91. The smallest absolute Gasteiger partial charge is 0.0898 e. The normalized spacial score (nSPS) is 12.9. The second kappa shape index (κ2) is 7.80. The van der Waals surface area contributed by atoms with Crippen molar-refractivity contribution in [3.63, 3.8) is 0 Å². The SMILES string of the molecule is CCCCCCCCC(O)c1cnc(C)s1. The lowest BCUT2D eigenvalue weighted by atomic mass is 10.1. The summed E-state index contributed by atoms with van der Waals surface area (Å²) in [7, 11) is 0. The van der Waals surface area contributed by atoms with Crippen molar-refractivity contribution in [1.29, 1.82) is 0 Å². The third kappa shape index (κ3) is 5.08. The average molecular weight is 241 g/mol. The van der Waals surface area contributed by atoms with E-state index in [1.54, 1.807) is 11.3 Å². The zero-order valence-corrected chi connectivity index (χ0v) is 11.2. The second-order valence-electron chi connectivity index (χ2n) is 4.35. The lowest BCUT2D eigenvalue weighted by Crippen LogP contribution is -1.94. The molecule has 0 spiro atoms. The molecule has 1 atom stereocenters. The number of unbranched alkanes of at least 4 members (excludes halogenated alkanes) is 5. The van der Waals surface area contributed by atoms with Crippen LogP contribution in [0.5, 0.6) is 0 Å². The fourth-order valence-corrected chi connectivity index (χ4v) is 2.60. The maximum Gasteiger partial charge on any atom is 0.0898 e. The van der Waals surface area contributed by atoms with E-state index < -0.39 is 0 Å². The second-order valence-corrected chi connectivity index (χ2v) is 5.62. The number of aromatic nitrogens is 1. The van der Waals surface area contributed by atoms with E-state index in [1.165, 1.54) is 32.1 Å². The van der Waals surface area contributed by atoms with Crippen LogP contribution in [0, 0.1) is 6.92 Å². The van der Waals surface area contributed by atoms with Crippen LogP contribution >= 0.6 is 11.3 Å². The number of thiazole rings is 1. The van der Waals surface area contributed by atoms with Crippen molar-refractivity contribution in [2.45, 2.75) is 64.9 Å². The van der Waals surface area contributed by atoms with Gasteiger partial charge in [0.15, 0.2) is 0 Å². The first-order valence-corrected chi connectivity index (χ1v) is 7.16. The molecule has 0 amide bonds. The largest absolute Gasteiger partial charge is 0.388 e. The number of nitrogens with zero attached hydrogens (tertiary/aromatic N) is 1. The van der Waals surface area contributed by atoms with Crippen LogP contribution in [0.1, 0.15) is 67.9 Å². The van der Waals surface area contributed by atoms with Crippen molar-refractivity contribution < 1.29 is 5.11 Å². The Labute approximate surface area is 103 Å². The van der Waals surface area contributed by atoms with Crippen molar-refractivity contribution in [1.82, 2.24) is 4.98 Å². The third-order valence-electron chi connectivity index (χ3n) is 2.80. The molecule has 1 aromatic heterocycles. The van der Waals surface area contributed by atoms with Gasteiger partial charge in [-0.1, -0.05) is 45.4 Å². The van der Waals surface area contributed by atoms with Gasteiger partial charge < -0.3 is 5.11 Å². The van der Waals surface area contributed by atoms with Gasteiger partial charge in [-0.2, -0.15) is 0 Å². The highest BCUT2D eigenvalue weighted by Crippen LogP contribution is 2.24. The molecule has 0 bridgehead atoms. The molecular formula is C13H23NOS. The fourth-order valence-electron chi connectivity index (χ4n) is 1.79. The van der Waals surface area contributed by atoms with Gasteiger partial charge in [0, 0.05) is 6.20 Å². The molecule has 0 radical (unpaired) electrons. The Kier molecular flexibility index (Phi) is 6.65. The Morgan fingerprint density at radius 2 is 1.94 bits per heavy atom. The van der Waals surface area contributed by atoms with Crippen LogP contribution in [0.4, 0.5) is 0 Å². The molecule has 3 heteroatoms. The summed E-state index contributed by atoms with van der Waals surface area (Å²) in [6.45, 7) is 4.21. The maximum absolute atomic E-state index is 9.91. The Bertz CT molecular complexity index is 285. The molecule has 2 nitrogen and oxygen atoms in total. The Morgan fingerprint density at radius 3 is 2.56 bits per heavy atom. The third-order valence-corrected chi connectivity index (χ3v) is 3.81. The van der Waals surface area contributed by atoms with Gasteiger partial charge in [0.25, 0.3) is 0 Å². The van der Waals surface area contributed by atoms with Crippen molar-refractivity contribution in [2.24, 2.45) is 0 Å². The highest BCUT2D eigenvalue weighted by atomic mass is 32.1. The molecule has 0 fully saturated rings. The molecule has 16 heavy (non-hydrogen) atoms. The minimum atomic E-state index is -0.294. The molecule has 1 N–H and O–H groups in total. The zero-order chi connectivity index (χ0) is 11.8. The minimum absolute atomic E-state index is 0.294. The quantitative estimate of drug-likeness (QED) is 0.691. The van der Waals surface area contributed by atoms with Crippen molar-refractivity contribution in [3.8, 4) is 0 Å². The summed E-state index contributed by atoms with van der Waals surface area (Å²) in [6, 6.07) is 0. The Balaban J connectivity index is 2.09. The lowest BCUT2D eigenvalue weighted by molar-refractivity contribution is 0.167. The first-order chi connectivity index (χ1) is 7.74. The average Bonchev–Trinajstić information content (AvgIpc) is 2.70. The Hall–Kier alpha value is -0.410. The van der Waals surface area contributed by atoms with E-state index in [-0.39, 0.29) is 6.10 Å². The van der Waals surface area contributed by atoms with Gasteiger partial charge in [-0.3, -0.25) is 0 Å². The monoisotopic (exact) mass is 241 g/mol. The van der Waals surface area contributed by atoms with Crippen LogP contribution in [0.3, 0.4) is 0 Å². The number of aliphatic hydroxyl groups excluding tert-OH is 1. The minimum Gasteiger partial charge on any atom is -0.388 e. The summed E-state index contributed by atoms with van der Waals surface area (Å²) < 4.78 is 0. The molecule has 0 aliphatic rings. The molecule has 0 aliphatic carbocycles. The molecule has 1 aromatic rings. The highest BCUT2D eigenvalue weighted by molar-refractivity contribution is 7.11. The van der Waals surface area contributed by atoms with Crippen LogP contribution in [0.25, 0.3) is 0 Å². The number of aliphatic hydroxyl groups is 1. The summed E-state index contributed by atoms with van der Waals surface area (Å²) in [6.07, 6.45) is 10.1. The number of hydrogen-bond donors (Lipinski definition) is 1. The topological polar surface area (TPSA) is 33.1 Å². The van der Waals surface area contributed by atoms with E-state index in [1.807, 2.05) is 13.1 Å². The molecule has 1 heterocycles. The van der Waals surface area contributed by atoms with Gasteiger partial charge in [-0.25, -0.2) is 4.98 Å². The molecule has 1 rings (SSSR count). The molecular weight excluding hydrogens is 218 g/mol. The first kappa shape index (κ1) is 13.7. The van der Waals surface area contributed by atoms with Gasteiger partial charge in [0.2, 0.25) is 0 Å². The van der Waals surface area contributed by atoms with E-state index in [4.69, 9.17) is 0 Å². The van der Waals surface area contributed by atoms with E-state index in [0.717, 1.165) is 22.7 Å². The van der Waals surface area contributed by atoms with Crippen LogP contribution in [0.2, 0.25) is 0 Å². The number of rotatable bonds is 8. The van der Waals surface area contributed by atoms with Gasteiger partial charge in [0.1, 0.15) is 0 Å². The van der Waals surface area contributed by atoms with E-state index in [2.05, 4.69) is 11.9 Å². The predicted molar refractivity (Wildman–Crippen MR) is 69.8 cm³/mol. The lowest BCUT2D eigenvalue weighted by Gasteiger charge is -2.07. The van der Waals surface area contributed by atoms with E-state index in [9.17, 15) is 5.11 Å². The number of hydrogen-bond acceptors (Lipinski definition) is 3. The predicted octanol–water partition coefficient (Wildman–Crippen LogP) is 4.24. The fraction of sp³-hybridized carbons (Fsp3) is 0.769. The van der Waals surface area contributed by atoms with Gasteiger partial charge in [0.05, 0.1) is 16.0 Å². The van der Waals surface area contributed by atoms with Crippen LogP contribution in [-0.2, 0) is 0 Å². The molecule has 92 valence electrons. The first-order valence-electron chi connectivity index (χ1n) is 6.34. The molecule has 0 aromatic carbocycles. The van der Waals surface area contributed by atoms with E-state index >= 15 is 0 Å². The number of aryl methyl sites for hydroxylation is 1. The van der Waals surface area contributed by atoms with Gasteiger partial charge in [-0.15, -0.1) is 11.3 Å². The molecule has 0 aliphatic heterocycles. The van der Waals surface area contributed by atoms with Crippen LogP contribution in [0.15, 0.2) is 6.20 Å². The summed E-state index contributed by atoms with van der Waals surface area (Å²) in [4.78, 5) is 5.18. The van der Waals surface area contributed by atoms with Crippen LogP contribution in [-0.4, -0.2) is 10.1 Å². The standard InChI is InChI=1S/C13H23NOS/c1-3-4-5-6-7-8-9-12(15)13-10-14-11(2)16-13/h10,12,15H,3-9H2,1-2H3. The highest BCUT2D eigenvalue weighted by Gasteiger charge is 2.09. The summed E-state index contributed by atoms with van der Waals surface area (Å²) >= 11 is 1.61. The van der Waals surface area contributed by atoms with E-state index in [0.29, 0.717) is 0 Å². The van der Waals surface area contributed by atoms with Gasteiger partial charge >= 0.3 is 0 Å². The zero-order valence-electron chi connectivity index (χ0n) is 10.4. The summed E-state index contributed by atoms with van der Waals surface area (Å²) in [5.74, 6) is 0. The van der Waals surface area contributed by atoms with Crippen molar-refractivity contribution in [2.75, 3.05) is 0 Å². The summed E-state index contributed by atoms with van der Waals surface area (Å²) in [5, 5.41) is 10.9. The molecule has 0 saturated carbocycles. The summed E-state index contributed by atoms with van der Waals surface area (Å²) in [5.41, 5.74) is 0.